The quantitative estimate of drug-likeness (QED) is 0.209. The Morgan fingerprint density at radius 1 is 1.00 bits per heavy atom. The van der Waals surface area contributed by atoms with Crippen LogP contribution in [0, 0.1) is 10.1 Å². The van der Waals surface area contributed by atoms with Gasteiger partial charge in [-0.05, 0) is 42.5 Å². The molecule has 29 heavy (non-hydrogen) atoms. The van der Waals surface area contributed by atoms with Crippen LogP contribution in [-0.2, 0) is 13.0 Å². The molecule has 8 heteroatoms. The molecule has 2 aromatic carbocycles. The fourth-order valence-corrected chi connectivity index (χ4v) is 2.84. The Balaban J connectivity index is 1.70. The summed E-state index contributed by atoms with van der Waals surface area (Å²) in [6.07, 6.45) is 2.84. The van der Waals surface area contributed by atoms with Gasteiger partial charge in [0.15, 0.2) is 17.5 Å². The van der Waals surface area contributed by atoms with Crippen LogP contribution < -0.4 is 20.1 Å². The monoisotopic (exact) mass is 400 g/mol. The van der Waals surface area contributed by atoms with Gasteiger partial charge in [-0.2, -0.15) is 0 Å². The number of benzene rings is 2. The molecule has 0 atom stereocenters. The maximum absolute atomic E-state index is 10.7. The smallest absolute Gasteiger partial charge is 0.269 e. The zero-order chi connectivity index (χ0) is 21.1. The zero-order valence-electron chi connectivity index (χ0n) is 17.1. The topological polar surface area (TPSA) is 98.0 Å². The third kappa shape index (κ3) is 6.99. The molecule has 0 aliphatic carbocycles. The number of nitrogens with zero attached hydrogens (tertiary/aromatic N) is 2. The van der Waals surface area contributed by atoms with Crippen LogP contribution in [0.5, 0.6) is 11.5 Å². The Bertz CT molecular complexity index is 822. The van der Waals surface area contributed by atoms with Gasteiger partial charge in [0.2, 0.25) is 0 Å². The standard InChI is InChI=1S/C21H28N4O4/c1-22-21(24-15-17-9-12-19(28-2)20(14-17)29-3)23-13-5-4-6-16-7-10-18(11-8-16)25(26)27/h7-12,14H,4-6,13,15H2,1-3H3,(H2,22,23,24). The minimum absolute atomic E-state index is 0.125. The number of nitro groups is 1. The number of ether oxygens (including phenoxy) is 2. The molecule has 156 valence electrons. The van der Waals surface area contributed by atoms with Gasteiger partial charge in [-0.1, -0.05) is 18.2 Å². The van der Waals surface area contributed by atoms with Crippen molar-refractivity contribution in [2.24, 2.45) is 4.99 Å². The SMILES string of the molecule is CN=C(NCCCCc1ccc([N+](=O)[O-])cc1)NCc1ccc(OC)c(OC)c1. The molecule has 0 bridgehead atoms. The molecule has 0 saturated heterocycles. The van der Waals surface area contributed by atoms with Crippen LogP contribution in [0.1, 0.15) is 24.0 Å². The number of nitro benzene ring substituents is 1. The number of aliphatic imine (C=N–C) groups is 1. The molecule has 0 spiro atoms. The number of hydrogen-bond acceptors (Lipinski definition) is 5. The lowest BCUT2D eigenvalue weighted by Crippen LogP contribution is -2.37. The van der Waals surface area contributed by atoms with Crippen molar-refractivity contribution in [1.29, 1.82) is 0 Å². The largest absolute Gasteiger partial charge is 0.493 e. The summed E-state index contributed by atoms with van der Waals surface area (Å²) in [7, 11) is 4.97. The highest BCUT2D eigenvalue weighted by molar-refractivity contribution is 5.79. The second-order valence-electron chi connectivity index (χ2n) is 6.42. The van der Waals surface area contributed by atoms with Crippen molar-refractivity contribution >= 4 is 11.6 Å². The van der Waals surface area contributed by atoms with E-state index in [1.165, 1.54) is 0 Å². The van der Waals surface area contributed by atoms with Gasteiger partial charge in [0.25, 0.3) is 5.69 Å². The van der Waals surface area contributed by atoms with Crippen molar-refractivity contribution in [2.75, 3.05) is 27.8 Å². The molecule has 0 fully saturated rings. The molecule has 2 aromatic rings. The summed E-state index contributed by atoms with van der Waals surface area (Å²) in [5, 5.41) is 17.3. The summed E-state index contributed by atoms with van der Waals surface area (Å²) in [6, 6.07) is 12.5. The fourth-order valence-electron chi connectivity index (χ4n) is 2.84. The lowest BCUT2D eigenvalue weighted by atomic mass is 10.1. The van der Waals surface area contributed by atoms with Gasteiger partial charge in [-0.3, -0.25) is 15.1 Å². The van der Waals surface area contributed by atoms with Gasteiger partial charge >= 0.3 is 0 Å². The van der Waals surface area contributed by atoms with Crippen molar-refractivity contribution in [1.82, 2.24) is 10.6 Å². The van der Waals surface area contributed by atoms with Gasteiger partial charge in [-0.25, -0.2) is 0 Å². The maximum Gasteiger partial charge on any atom is 0.269 e. The number of rotatable bonds is 10. The van der Waals surface area contributed by atoms with Crippen LogP contribution >= 0.6 is 0 Å². The summed E-state index contributed by atoms with van der Waals surface area (Å²) in [5.74, 6) is 2.13. The average Bonchev–Trinajstić information content (AvgIpc) is 2.75. The highest BCUT2D eigenvalue weighted by Gasteiger charge is 2.06. The molecule has 2 N–H and O–H groups in total. The van der Waals surface area contributed by atoms with Crippen LogP contribution in [0.4, 0.5) is 5.69 Å². The average molecular weight is 400 g/mol. The second-order valence-corrected chi connectivity index (χ2v) is 6.42. The number of aryl methyl sites for hydroxylation is 1. The van der Waals surface area contributed by atoms with E-state index in [1.807, 2.05) is 30.3 Å². The van der Waals surface area contributed by atoms with E-state index in [4.69, 9.17) is 9.47 Å². The van der Waals surface area contributed by atoms with Crippen LogP contribution in [0.15, 0.2) is 47.5 Å². The van der Waals surface area contributed by atoms with Gasteiger partial charge in [0, 0.05) is 32.3 Å². The predicted molar refractivity (Wildman–Crippen MR) is 114 cm³/mol. The molecule has 0 aliphatic rings. The predicted octanol–water partition coefficient (Wildman–Crippen LogP) is 3.30. The maximum atomic E-state index is 10.7. The third-order valence-electron chi connectivity index (χ3n) is 4.46. The molecule has 0 heterocycles. The number of hydrogen-bond donors (Lipinski definition) is 2. The normalized spacial score (nSPS) is 11.1. The first kappa shape index (κ1) is 22.0. The highest BCUT2D eigenvalue weighted by atomic mass is 16.6. The molecular formula is C21H28N4O4. The second kappa shape index (κ2) is 11.5. The zero-order valence-corrected chi connectivity index (χ0v) is 17.1. The van der Waals surface area contributed by atoms with E-state index < -0.39 is 0 Å². The van der Waals surface area contributed by atoms with E-state index in [-0.39, 0.29) is 10.6 Å². The highest BCUT2D eigenvalue weighted by Crippen LogP contribution is 2.27. The van der Waals surface area contributed by atoms with Crippen molar-refractivity contribution in [3.05, 3.63) is 63.7 Å². The number of nitrogens with one attached hydrogen (secondary N) is 2. The van der Waals surface area contributed by atoms with Crippen molar-refractivity contribution < 1.29 is 14.4 Å². The summed E-state index contributed by atoms with van der Waals surface area (Å²) in [6.45, 7) is 1.40. The number of methoxy groups -OCH3 is 2. The third-order valence-corrected chi connectivity index (χ3v) is 4.46. The van der Waals surface area contributed by atoms with Crippen molar-refractivity contribution in [3.63, 3.8) is 0 Å². The van der Waals surface area contributed by atoms with Gasteiger partial charge in [0.05, 0.1) is 19.1 Å². The summed E-state index contributed by atoms with van der Waals surface area (Å²) >= 11 is 0. The number of non-ortho nitro benzene ring substituents is 1. The summed E-state index contributed by atoms with van der Waals surface area (Å²) in [5.41, 5.74) is 2.29. The van der Waals surface area contributed by atoms with Crippen LogP contribution in [0.25, 0.3) is 0 Å². The number of unbranched alkanes of at least 4 members (excludes halogenated alkanes) is 1. The Labute approximate surface area is 171 Å². The molecule has 0 unspecified atom stereocenters. The van der Waals surface area contributed by atoms with Gasteiger partial charge in [-0.15, -0.1) is 0 Å². The first-order valence-corrected chi connectivity index (χ1v) is 9.46. The van der Waals surface area contributed by atoms with Crippen LogP contribution in [0.3, 0.4) is 0 Å². The van der Waals surface area contributed by atoms with Gasteiger partial charge < -0.3 is 20.1 Å². The molecular weight excluding hydrogens is 372 g/mol. The molecule has 2 rings (SSSR count). The van der Waals surface area contributed by atoms with Gasteiger partial charge in [0.1, 0.15) is 0 Å². The Morgan fingerprint density at radius 3 is 2.31 bits per heavy atom. The lowest BCUT2D eigenvalue weighted by Gasteiger charge is -2.13. The molecule has 0 radical (unpaired) electrons. The molecule has 0 aromatic heterocycles. The first-order chi connectivity index (χ1) is 14.1. The van der Waals surface area contributed by atoms with E-state index in [0.717, 1.165) is 42.9 Å². The Morgan fingerprint density at radius 2 is 1.69 bits per heavy atom. The molecule has 0 amide bonds. The van der Waals surface area contributed by atoms with E-state index >= 15 is 0 Å². The summed E-state index contributed by atoms with van der Waals surface area (Å²) in [4.78, 5) is 14.5. The fraction of sp³-hybridized carbons (Fsp3) is 0.381. The van der Waals surface area contributed by atoms with Crippen LogP contribution in [0.2, 0.25) is 0 Å². The molecule has 0 aliphatic heterocycles. The van der Waals surface area contributed by atoms with E-state index in [0.29, 0.717) is 18.0 Å². The minimum atomic E-state index is -0.381. The van der Waals surface area contributed by atoms with Crippen molar-refractivity contribution in [3.8, 4) is 11.5 Å². The van der Waals surface area contributed by atoms with Crippen molar-refractivity contribution in [2.45, 2.75) is 25.8 Å². The Kier molecular flexibility index (Phi) is 8.75. The summed E-state index contributed by atoms with van der Waals surface area (Å²) < 4.78 is 10.6. The molecule has 8 nitrogen and oxygen atoms in total. The number of guanidine groups is 1. The molecule has 0 saturated carbocycles. The van der Waals surface area contributed by atoms with E-state index in [1.54, 1.807) is 33.4 Å². The first-order valence-electron chi connectivity index (χ1n) is 9.46. The lowest BCUT2D eigenvalue weighted by molar-refractivity contribution is -0.384. The minimum Gasteiger partial charge on any atom is -0.493 e. The van der Waals surface area contributed by atoms with E-state index in [9.17, 15) is 10.1 Å². The van der Waals surface area contributed by atoms with Crippen LogP contribution in [-0.4, -0.2) is 38.7 Å². The van der Waals surface area contributed by atoms with E-state index in [2.05, 4.69) is 15.6 Å². The Hall–Kier alpha value is -3.29.